The Morgan fingerprint density at radius 2 is 1.89 bits per heavy atom. The second-order valence-electron chi connectivity index (χ2n) is 5.67. The highest BCUT2D eigenvalue weighted by Crippen LogP contribution is 2.34. The van der Waals surface area contributed by atoms with E-state index in [1.807, 2.05) is 31.2 Å². The average molecular weight is 382 g/mol. The molecule has 0 atom stereocenters. The number of nitrogens with one attached hydrogen (secondary N) is 1. The van der Waals surface area contributed by atoms with Gasteiger partial charge < -0.3 is 14.8 Å². The van der Waals surface area contributed by atoms with E-state index in [-0.39, 0.29) is 5.91 Å². The van der Waals surface area contributed by atoms with Gasteiger partial charge in [-0.15, -0.1) is 0 Å². The molecule has 0 unspecified atom stereocenters. The summed E-state index contributed by atoms with van der Waals surface area (Å²) in [5.41, 5.74) is 2.49. The van der Waals surface area contributed by atoms with Crippen LogP contribution in [0.4, 0.5) is 5.69 Å². The first-order valence-electron chi connectivity index (χ1n) is 8.14. The highest BCUT2D eigenvalue weighted by molar-refractivity contribution is 8.18. The second-order valence-corrected chi connectivity index (χ2v) is 6.67. The van der Waals surface area contributed by atoms with E-state index in [0.717, 1.165) is 16.9 Å². The number of para-hydroxylation sites is 1. The fourth-order valence-electron chi connectivity index (χ4n) is 2.57. The molecule has 2 aromatic carbocycles. The maximum absolute atomic E-state index is 12.4. The van der Waals surface area contributed by atoms with Crippen LogP contribution in [0.3, 0.4) is 0 Å². The van der Waals surface area contributed by atoms with Crippen LogP contribution in [0.5, 0.6) is 5.75 Å². The number of thioether (sulfide) groups is 1. The molecule has 1 saturated heterocycles. The molecule has 1 fully saturated rings. The lowest BCUT2D eigenvalue weighted by molar-refractivity contribution is -0.115. The summed E-state index contributed by atoms with van der Waals surface area (Å²) < 4.78 is 10.0. The van der Waals surface area contributed by atoms with Crippen LogP contribution in [0.2, 0.25) is 0 Å². The predicted molar refractivity (Wildman–Crippen MR) is 106 cm³/mol. The lowest BCUT2D eigenvalue weighted by atomic mass is 10.1. The number of carbonyl (C=O) groups excluding carboxylic acids is 2. The van der Waals surface area contributed by atoms with Crippen LogP contribution in [-0.4, -0.2) is 31.3 Å². The fourth-order valence-corrected chi connectivity index (χ4v) is 3.47. The van der Waals surface area contributed by atoms with E-state index in [1.54, 1.807) is 31.4 Å². The highest BCUT2D eigenvalue weighted by atomic mass is 32.2. The number of allylic oxidation sites excluding steroid dienone is 1. The Morgan fingerprint density at radius 3 is 2.63 bits per heavy atom. The molecule has 1 N–H and O–H groups in total. The van der Waals surface area contributed by atoms with E-state index in [0.29, 0.717) is 21.3 Å². The van der Waals surface area contributed by atoms with Crippen molar-refractivity contribution >= 4 is 40.1 Å². The number of rotatable bonds is 4. The molecule has 6 nitrogen and oxygen atoms in total. The van der Waals surface area contributed by atoms with Crippen molar-refractivity contribution in [3.63, 3.8) is 0 Å². The zero-order chi connectivity index (χ0) is 19.4. The molecular formula is C20H18N2O4S. The van der Waals surface area contributed by atoms with Gasteiger partial charge >= 0.3 is 5.97 Å². The van der Waals surface area contributed by atoms with E-state index in [4.69, 9.17) is 9.47 Å². The second kappa shape index (κ2) is 8.09. The summed E-state index contributed by atoms with van der Waals surface area (Å²) >= 11 is 1.23. The van der Waals surface area contributed by atoms with Crippen molar-refractivity contribution in [2.45, 2.75) is 6.92 Å². The lowest BCUT2D eigenvalue weighted by Crippen LogP contribution is -2.19. The van der Waals surface area contributed by atoms with Gasteiger partial charge in [0.15, 0.2) is 5.17 Å². The van der Waals surface area contributed by atoms with Crippen LogP contribution in [0.15, 0.2) is 58.4 Å². The van der Waals surface area contributed by atoms with E-state index in [9.17, 15) is 9.59 Å². The summed E-state index contributed by atoms with van der Waals surface area (Å²) in [6.07, 6.45) is 0. The summed E-state index contributed by atoms with van der Waals surface area (Å²) in [6, 6.07) is 14.3. The molecule has 0 bridgehead atoms. The largest absolute Gasteiger partial charge is 0.497 e. The minimum absolute atomic E-state index is 0.227. The zero-order valence-corrected chi connectivity index (χ0v) is 15.9. The number of nitrogens with zero attached hydrogens (tertiary/aromatic N) is 1. The molecule has 1 amide bonds. The standard InChI is InChI=1S/C20H18N2O4S/c1-12(13-7-6-8-14(11-13)25-2)17-18(23)22-20(27-17)21-16-10-5-4-9-15(16)19(24)26-3/h4-11H,1-3H3,(H,21,22,23)/b17-12-. The van der Waals surface area contributed by atoms with Crippen LogP contribution in [-0.2, 0) is 9.53 Å². The van der Waals surface area contributed by atoms with Crippen LogP contribution in [0, 0.1) is 0 Å². The molecule has 27 heavy (non-hydrogen) atoms. The van der Waals surface area contributed by atoms with Crippen LogP contribution >= 0.6 is 11.8 Å². The van der Waals surface area contributed by atoms with Gasteiger partial charge in [0.25, 0.3) is 5.91 Å². The first-order chi connectivity index (χ1) is 13.0. The summed E-state index contributed by atoms with van der Waals surface area (Å²) in [7, 11) is 2.92. The maximum atomic E-state index is 12.4. The molecule has 0 saturated carbocycles. The summed E-state index contributed by atoms with van der Waals surface area (Å²) in [5.74, 6) is 0.0129. The van der Waals surface area contributed by atoms with Gasteiger partial charge in [0.1, 0.15) is 5.75 Å². The van der Waals surface area contributed by atoms with Crippen molar-refractivity contribution < 1.29 is 19.1 Å². The molecule has 3 rings (SSSR count). The van der Waals surface area contributed by atoms with Gasteiger partial charge in [-0.1, -0.05) is 24.3 Å². The Kier molecular flexibility index (Phi) is 5.61. The number of aliphatic imine (C=N–C) groups is 1. The quantitative estimate of drug-likeness (QED) is 0.643. The van der Waals surface area contributed by atoms with E-state index >= 15 is 0 Å². The number of benzene rings is 2. The molecule has 1 aliphatic heterocycles. The first-order valence-corrected chi connectivity index (χ1v) is 8.95. The highest BCUT2D eigenvalue weighted by Gasteiger charge is 2.27. The smallest absolute Gasteiger partial charge is 0.340 e. The third kappa shape index (κ3) is 4.03. The molecule has 0 aliphatic carbocycles. The number of hydrogen-bond acceptors (Lipinski definition) is 6. The molecule has 1 aliphatic rings. The summed E-state index contributed by atoms with van der Waals surface area (Å²) in [5, 5.41) is 3.16. The lowest BCUT2D eigenvalue weighted by Gasteiger charge is -2.06. The SMILES string of the molecule is COC(=O)c1ccccc1N=C1NC(=O)/C(=C(\C)c2cccc(OC)c2)S1. The third-order valence-electron chi connectivity index (χ3n) is 4.00. The van der Waals surface area contributed by atoms with E-state index in [1.165, 1.54) is 18.9 Å². The Bertz CT molecular complexity index is 966. The van der Waals surface area contributed by atoms with Crippen LogP contribution in [0.25, 0.3) is 5.57 Å². The van der Waals surface area contributed by atoms with Crippen LogP contribution in [0.1, 0.15) is 22.8 Å². The number of amides is 1. The number of hydrogen-bond donors (Lipinski definition) is 1. The monoisotopic (exact) mass is 382 g/mol. The van der Waals surface area contributed by atoms with Crippen molar-refractivity contribution in [2.24, 2.45) is 4.99 Å². The number of methoxy groups -OCH3 is 2. The molecule has 1 heterocycles. The normalized spacial score (nSPS) is 16.9. The van der Waals surface area contributed by atoms with Crippen molar-refractivity contribution in [3.05, 3.63) is 64.6 Å². The minimum Gasteiger partial charge on any atom is -0.497 e. The Labute approximate surface area is 161 Å². The van der Waals surface area contributed by atoms with Gasteiger partial charge in [-0.3, -0.25) is 4.79 Å². The van der Waals surface area contributed by atoms with Crippen molar-refractivity contribution in [1.82, 2.24) is 5.32 Å². The van der Waals surface area contributed by atoms with Crippen LogP contribution < -0.4 is 10.1 Å². The average Bonchev–Trinajstić information content (AvgIpc) is 3.07. The maximum Gasteiger partial charge on any atom is 0.340 e. The van der Waals surface area contributed by atoms with E-state index in [2.05, 4.69) is 10.3 Å². The number of amidine groups is 1. The van der Waals surface area contributed by atoms with Gasteiger partial charge in [-0.2, -0.15) is 0 Å². The molecule has 7 heteroatoms. The molecule has 2 aromatic rings. The molecule has 0 radical (unpaired) electrons. The van der Waals surface area contributed by atoms with Gasteiger partial charge in [0, 0.05) is 0 Å². The fraction of sp³-hybridized carbons (Fsp3) is 0.150. The van der Waals surface area contributed by atoms with Crippen molar-refractivity contribution in [2.75, 3.05) is 14.2 Å². The number of ether oxygens (including phenoxy) is 2. The Hall–Kier alpha value is -3.06. The Morgan fingerprint density at radius 1 is 1.11 bits per heavy atom. The van der Waals surface area contributed by atoms with Gasteiger partial charge in [0.05, 0.1) is 30.4 Å². The van der Waals surface area contributed by atoms with Gasteiger partial charge in [0.2, 0.25) is 0 Å². The number of esters is 1. The minimum atomic E-state index is -0.479. The molecular weight excluding hydrogens is 364 g/mol. The summed E-state index contributed by atoms with van der Waals surface area (Å²) in [4.78, 5) is 29.3. The van der Waals surface area contributed by atoms with E-state index < -0.39 is 5.97 Å². The topological polar surface area (TPSA) is 77.0 Å². The van der Waals surface area contributed by atoms with Gasteiger partial charge in [-0.05, 0) is 54.1 Å². The third-order valence-corrected chi connectivity index (χ3v) is 5.08. The van der Waals surface area contributed by atoms with Crippen molar-refractivity contribution in [3.8, 4) is 5.75 Å². The zero-order valence-electron chi connectivity index (χ0n) is 15.1. The summed E-state index contributed by atoms with van der Waals surface area (Å²) in [6.45, 7) is 1.88. The predicted octanol–water partition coefficient (Wildman–Crippen LogP) is 3.76. The number of carbonyl (C=O) groups is 2. The molecule has 138 valence electrons. The van der Waals surface area contributed by atoms with Crippen molar-refractivity contribution in [1.29, 1.82) is 0 Å². The Balaban J connectivity index is 1.94. The molecule has 0 spiro atoms. The first kappa shape index (κ1) is 18.7. The van der Waals surface area contributed by atoms with Gasteiger partial charge in [-0.25, -0.2) is 9.79 Å². The molecule has 0 aromatic heterocycles.